The standard InChI is InChI=1S/C24H18F3N3O3/c1-15-2-4-17(5-3-15)20-21(29-18-6-8-19(9-7-18)33-24(25,26)27)23(32)30(22(20)31)14-16-10-12-28-13-11-16/h2-13,29H,14H2,1H3. The summed E-state index contributed by atoms with van der Waals surface area (Å²) in [6.45, 7) is 1.96. The maximum absolute atomic E-state index is 13.3. The molecule has 0 bridgehead atoms. The zero-order valence-corrected chi connectivity index (χ0v) is 17.4. The van der Waals surface area contributed by atoms with Gasteiger partial charge in [-0.2, -0.15) is 0 Å². The summed E-state index contributed by atoms with van der Waals surface area (Å²) in [4.78, 5) is 31.5. The van der Waals surface area contributed by atoms with Gasteiger partial charge in [-0.3, -0.25) is 19.5 Å². The minimum atomic E-state index is -4.81. The fourth-order valence-corrected chi connectivity index (χ4v) is 3.38. The van der Waals surface area contributed by atoms with Gasteiger partial charge >= 0.3 is 6.36 Å². The van der Waals surface area contributed by atoms with Crippen LogP contribution < -0.4 is 10.1 Å². The van der Waals surface area contributed by atoms with Crippen LogP contribution in [-0.4, -0.2) is 28.1 Å². The number of amides is 2. The molecule has 1 aromatic heterocycles. The van der Waals surface area contributed by atoms with Crippen molar-refractivity contribution < 1.29 is 27.5 Å². The number of nitrogens with one attached hydrogen (secondary N) is 1. The molecule has 0 unspecified atom stereocenters. The number of carbonyl (C=O) groups excluding carboxylic acids is 2. The Hall–Kier alpha value is -4.14. The quantitative estimate of drug-likeness (QED) is 0.549. The molecule has 6 nitrogen and oxygen atoms in total. The molecule has 4 rings (SSSR count). The highest BCUT2D eigenvalue weighted by Crippen LogP contribution is 2.32. The Labute approximate surface area is 187 Å². The van der Waals surface area contributed by atoms with Crippen molar-refractivity contribution >= 4 is 23.1 Å². The number of nitrogens with zero attached hydrogens (tertiary/aromatic N) is 2. The van der Waals surface area contributed by atoms with Crippen molar-refractivity contribution in [3.63, 3.8) is 0 Å². The summed E-state index contributed by atoms with van der Waals surface area (Å²) in [7, 11) is 0. The van der Waals surface area contributed by atoms with Crippen LogP contribution in [0.5, 0.6) is 5.75 Å². The predicted molar refractivity (Wildman–Crippen MR) is 115 cm³/mol. The van der Waals surface area contributed by atoms with E-state index in [-0.39, 0.29) is 17.8 Å². The Balaban J connectivity index is 1.67. The van der Waals surface area contributed by atoms with Crippen LogP contribution in [0, 0.1) is 6.92 Å². The topological polar surface area (TPSA) is 71.5 Å². The number of alkyl halides is 3. The molecule has 1 N–H and O–H groups in total. The van der Waals surface area contributed by atoms with Gasteiger partial charge < -0.3 is 10.1 Å². The summed E-state index contributed by atoms with van der Waals surface area (Å²) in [5.41, 5.74) is 2.82. The SMILES string of the molecule is Cc1ccc(C2=C(Nc3ccc(OC(F)(F)F)cc3)C(=O)N(Cc3ccncc3)C2=O)cc1. The van der Waals surface area contributed by atoms with E-state index in [4.69, 9.17) is 0 Å². The fourth-order valence-electron chi connectivity index (χ4n) is 3.38. The van der Waals surface area contributed by atoms with Crippen molar-refractivity contribution in [2.75, 3.05) is 5.32 Å². The van der Waals surface area contributed by atoms with Gasteiger partial charge in [0, 0.05) is 18.1 Å². The molecular formula is C24H18F3N3O3. The molecule has 0 atom stereocenters. The summed E-state index contributed by atoms with van der Waals surface area (Å²) >= 11 is 0. The normalized spacial score (nSPS) is 14.1. The highest BCUT2D eigenvalue weighted by molar-refractivity contribution is 6.36. The number of hydrogen-bond acceptors (Lipinski definition) is 5. The zero-order valence-electron chi connectivity index (χ0n) is 17.4. The third-order valence-electron chi connectivity index (χ3n) is 4.96. The van der Waals surface area contributed by atoms with Crippen molar-refractivity contribution in [1.82, 2.24) is 9.88 Å². The first-order valence-corrected chi connectivity index (χ1v) is 9.90. The number of pyridine rings is 1. The molecule has 3 aromatic rings. The lowest BCUT2D eigenvalue weighted by Gasteiger charge is -2.15. The van der Waals surface area contributed by atoms with E-state index in [1.807, 2.05) is 19.1 Å². The van der Waals surface area contributed by atoms with Crippen LogP contribution in [0.3, 0.4) is 0 Å². The van der Waals surface area contributed by atoms with E-state index >= 15 is 0 Å². The molecule has 9 heteroatoms. The molecule has 0 saturated carbocycles. The maximum Gasteiger partial charge on any atom is 0.573 e. The van der Waals surface area contributed by atoms with E-state index in [9.17, 15) is 22.8 Å². The zero-order chi connectivity index (χ0) is 23.6. The van der Waals surface area contributed by atoms with Gasteiger partial charge in [-0.25, -0.2) is 0 Å². The lowest BCUT2D eigenvalue weighted by atomic mass is 10.0. The van der Waals surface area contributed by atoms with Gasteiger partial charge in [0.1, 0.15) is 11.4 Å². The molecular weight excluding hydrogens is 435 g/mol. The third kappa shape index (κ3) is 5.03. The summed E-state index contributed by atoms with van der Waals surface area (Å²) in [6, 6.07) is 15.5. The Morgan fingerprint density at radius 3 is 2.15 bits per heavy atom. The van der Waals surface area contributed by atoms with Crippen molar-refractivity contribution in [3.8, 4) is 5.75 Å². The summed E-state index contributed by atoms with van der Waals surface area (Å²) < 4.78 is 41.1. The number of aryl methyl sites for hydroxylation is 1. The molecule has 0 fully saturated rings. The average molecular weight is 453 g/mol. The second-order valence-corrected chi connectivity index (χ2v) is 7.37. The number of anilines is 1. The first-order valence-electron chi connectivity index (χ1n) is 9.90. The predicted octanol–water partition coefficient (Wildman–Crippen LogP) is 4.68. The van der Waals surface area contributed by atoms with Gasteiger partial charge in [-0.15, -0.1) is 13.2 Å². The molecule has 2 aromatic carbocycles. The second kappa shape index (κ2) is 8.78. The Kier molecular flexibility index (Phi) is 5.87. The number of imide groups is 1. The molecule has 168 valence electrons. The molecule has 0 radical (unpaired) electrons. The van der Waals surface area contributed by atoms with Crippen molar-refractivity contribution in [1.29, 1.82) is 0 Å². The number of benzene rings is 2. The van der Waals surface area contributed by atoms with Crippen LogP contribution in [0.4, 0.5) is 18.9 Å². The number of aromatic nitrogens is 1. The molecule has 33 heavy (non-hydrogen) atoms. The fraction of sp³-hybridized carbons (Fsp3) is 0.125. The van der Waals surface area contributed by atoms with E-state index in [1.54, 1.807) is 36.7 Å². The molecule has 2 amide bonds. The van der Waals surface area contributed by atoms with Gasteiger partial charge in [-0.1, -0.05) is 29.8 Å². The highest BCUT2D eigenvalue weighted by atomic mass is 19.4. The number of carbonyl (C=O) groups is 2. The number of rotatable bonds is 6. The molecule has 0 aliphatic carbocycles. The average Bonchev–Trinajstić information content (AvgIpc) is 3.00. The van der Waals surface area contributed by atoms with E-state index in [1.165, 1.54) is 12.1 Å². The summed E-state index contributed by atoms with van der Waals surface area (Å²) in [5.74, 6) is -1.41. The van der Waals surface area contributed by atoms with Gasteiger partial charge in [-0.05, 0) is 54.4 Å². The van der Waals surface area contributed by atoms with Gasteiger partial charge in [0.25, 0.3) is 11.8 Å². The number of ether oxygens (including phenoxy) is 1. The first-order chi connectivity index (χ1) is 15.7. The smallest absolute Gasteiger partial charge is 0.406 e. The lowest BCUT2D eigenvalue weighted by molar-refractivity contribution is -0.274. The third-order valence-corrected chi connectivity index (χ3v) is 4.96. The minimum Gasteiger partial charge on any atom is -0.406 e. The van der Waals surface area contributed by atoms with Crippen LogP contribution in [0.1, 0.15) is 16.7 Å². The minimum absolute atomic E-state index is 0.0439. The molecule has 1 aliphatic heterocycles. The molecule has 0 spiro atoms. The molecule has 0 saturated heterocycles. The maximum atomic E-state index is 13.3. The number of halogens is 3. The van der Waals surface area contributed by atoms with Gasteiger partial charge in [0.15, 0.2) is 0 Å². The van der Waals surface area contributed by atoms with Crippen LogP contribution in [-0.2, 0) is 16.1 Å². The van der Waals surface area contributed by atoms with Crippen molar-refractivity contribution in [3.05, 3.63) is 95.4 Å². The molecule has 2 heterocycles. The van der Waals surface area contributed by atoms with E-state index in [0.717, 1.165) is 28.2 Å². The van der Waals surface area contributed by atoms with Crippen LogP contribution in [0.25, 0.3) is 5.57 Å². The molecule has 1 aliphatic rings. The highest BCUT2D eigenvalue weighted by Gasteiger charge is 2.39. The lowest BCUT2D eigenvalue weighted by Crippen LogP contribution is -2.32. The Morgan fingerprint density at radius 2 is 1.55 bits per heavy atom. The largest absolute Gasteiger partial charge is 0.573 e. The van der Waals surface area contributed by atoms with Crippen molar-refractivity contribution in [2.45, 2.75) is 19.8 Å². The van der Waals surface area contributed by atoms with Crippen molar-refractivity contribution in [2.24, 2.45) is 0 Å². The first kappa shape index (κ1) is 22.1. The Morgan fingerprint density at radius 1 is 0.909 bits per heavy atom. The van der Waals surface area contributed by atoms with Gasteiger partial charge in [0.2, 0.25) is 0 Å². The Bertz CT molecular complexity index is 1210. The second-order valence-electron chi connectivity index (χ2n) is 7.37. The van der Waals surface area contributed by atoms with Gasteiger partial charge in [0.05, 0.1) is 12.1 Å². The summed E-state index contributed by atoms with van der Waals surface area (Å²) in [5, 5.41) is 2.91. The van der Waals surface area contributed by atoms with Crippen LogP contribution >= 0.6 is 0 Å². The summed E-state index contributed by atoms with van der Waals surface area (Å²) in [6.07, 6.45) is -1.67. The van der Waals surface area contributed by atoms with Crippen LogP contribution in [0.2, 0.25) is 0 Å². The van der Waals surface area contributed by atoms with E-state index in [2.05, 4.69) is 15.0 Å². The van der Waals surface area contributed by atoms with E-state index in [0.29, 0.717) is 11.3 Å². The monoisotopic (exact) mass is 453 g/mol. The van der Waals surface area contributed by atoms with E-state index < -0.39 is 23.9 Å². The number of hydrogen-bond donors (Lipinski definition) is 1. The van der Waals surface area contributed by atoms with Crippen LogP contribution in [0.15, 0.2) is 78.8 Å².